The summed E-state index contributed by atoms with van der Waals surface area (Å²) in [5.41, 5.74) is 7.14. The molecule has 1 aliphatic rings. The van der Waals surface area contributed by atoms with E-state index in [1.54, 1.807) is 12.1 Å². The Labute approximate surface area is 125 Å². The molecular formula is C15H23N3OS. The highest BCUT2D eigenvalue weighted by molar-refractivity contribution is 8.00. The van der Waals surface area contributed by atoms with E-state index in [-0.39, 0.29) is 11.9 Å². The van der Waals surface area contributed by atoms with Gasteiger partial charge in [-0.1, -0.05) is 6.92 Å². The first-order valence-electron chi connectivity index (χ1n) is 7.03. The molecule has 1 aromatic carbocycles. The molecule has 1 amide bonds. The Morgan fingerprint density at radius 1 is 1.40 bits per heavy atom. The Hall–Kier alpha value is -1.20. The Kier molecular flexibility index (Phi) is 4.94. The summed E-state index contributed by atoms with van der Waals surface area (Å²) in [6.45, 7) is 7.37. The maximum Gasteiger partial charge on any atom is 0.241 e. The van der Waals surface area contributed by atoms with Crippen LogP contribution in [-0.4, -0.2) is 40.4 Å². The number of carbonyl (C=O) groups excluding carboxylic acids is 1. The summed E-state index contributed by atoms with van der Waals surface area (Å²) < 4.78 is 0. The molecule has 3 unspecified atom stereocenters. The third-order valence-electron chi connectivity index (χ3n) is 3.99. The van der Waals surface area contributed by atoms with E-state index in [9.17, 15) is 4.79 Å². The summed E-state index contributed by atoms with van der Waals surface area (Å²) in [5, 5.41) is 3.52. The molecule has 0 bridgehead atoms. The average molecular weight is 293 g/mol. The van der Waals surface area contributed by atoms with E-state index in [1.807, 2.05) is 30.8 Å². The molecule has 0 aromatic heterocycles. The molecule has 3 N–H and O–H groups in total. The largest absolute Gasteiger partial charge is 0.399 e. The SMILES string of the molecule is CC1SCCN(C(C)C(=O)Nc2ccc(N)cc2)C1C. The number of anilines is 2. The van der Waals surface area contributed by atoms with E-state index >= 15 is 0 Å². The minimum absolute atomic E-state index is 0.0423. The number of benzene rings is 1. The van der Waals surface area contributed by atoms with Crippen molar-refractivity contribution in [3.05, 3.63) is 24.3 Å². The molecule has 2 rings (SSSR count). The highest BCUT2D eigenvalue weighted by Gasteiger charge is 2.31. The van der Waals surface area contributed by atoms with Crippen molar-refractivity contribution in [3.8, 4) is 0 Å². The number of rotatable bonds is 3. The first-order valence-corrected chi connectivity index (χ1v) is 8.07. The second-order valence-corrected chi connectivity index (χ2v) is 6.83. The number of amides is 1. The lowest BCUT2D eigenvalue weighted by molar-refractivity contribution is -0.121. The molecular weight excluding hydrogens is 270 g/mol. The van der Waals surface area contributed by atoms with Crippen LogP contribution in [0, 0.1) is 0 Å². The zero-order valence-electron chi connectivity index (χ0n) is 12.3. The van der Waals surface area contributed by atoms with Gasteiger partial charge in [-0.25, -0.2) is 0 Å². The summed E-state index contributed by atoms with van der Waals surface area (Å²) in [5.74, 6) is 1.13. The monoisotopic (exact) mass is 293 g/mol. The molecule has 1 heterocycles. The molecule has 4 nitrogen and oxygen atoms in total. The van der Waals surface area contributed by atoms with Crippen molar-refractivity contribution in [3.63, 3.8) is 0 Å². The van der Waals surface area contributed by atoms with Crippen LogP contribution in [0.15, 0.2) is 24.3 Å². The van der Waals surface area contributed by atoms with E-state index < -0.39 is 0 Å². The Bertz CT molecular complexity index is 463. The van der Waals surface area contributed by atoms with Crippen LogP contribution in [0.4, 0.5) is 11.4 Å². The average Bonchev–Trinajstić information content (AvgIpc) is 2.43. The van der Waals surface area contributed by atoms with Gasteiger partial charge in [-0.3, -0.25) is 9.69 Å². The zero-order valence-corrected chi connectivity index (χ0v) is 13.1. The third kappa shape index (κ3) is 3.46. The number of hydrogen-bond acceptors (Lipinski definition) is 4. The molecule has 110 valence electrons. The topological polar surface area (TPSA) is 58.4 Å². The number of carbonyl (C=O) groups is 1. The van der Waals surface area contributed by atoms with Crippen molar-refractivity contribution in [1.29, 1.82) is 0 Å². The number of nitrogens with one attached hydrogen (secondary N) is 1. The predicted octanol–water partition coefficient (Wildman–Crippen LogP) is 2.42. The molecule has 3 atom stereocenters. The van der Waals surface area contributed by atoms with Crippen molar-refractivity contribution in [1.82, 2.24) is 4.90 Å². The van der Waals surface area contributed by atoms with Crippen molar-refractivity contribution < 1.29 is 4.79 Å². The van der Waals surface area contributed by atoms with Gasteiger partial charge in [-0.15, -0.1) is 0 Å². The fourth-order valence-electron chi connectivity index (χ4n) is 2.47. The van der Waals surface area contributed by atoms with Crippen LogP contribution in [0.25, 0.3) is 0 Å². The number of nitrogen functional groups attached to an aromatic ring is 1. The molecule has 1 fully saturated rings. The minimum Gasteiger partial charge on any atom is -0.399 e. The van der Waals surface area contributed by atoms with Crippen LogP contribution < -0.4 is 11.1 Å². The van der Waals surface area contributed by atoms with E-state index in [0.717, 1.165) is 18.0 Å². The Balaban J connectivity index is 1.99. The van der Waals surface area contributed by atoms with Crippen LogP contribution in [-0.2, 0) is 4.79 Å². The van der Waals surface area contributed by atoms with Crippen molar-refractivity contribution in [2.45, 2.75) is 38.1 Å². The normalized spacial score (nSPS) is 25.1. The molecule has 1 aliphatic heterocycles. The third-order valence-corrected chi connectivity index (χ3v) is 5.33. The highest BCUT2D eigenvalue weighted by atomic mass is 32.2. The van der Waals surface area contributed by atoms with Gasteiger partial charge in [0.05, 0.1) is 6.04 Å². The molecule has 1 aromatic rings. The molecule has 0 aliphatic carbocycles. The molecule has 0 radical (unpaired) electrons. The summed E-state index contributed by atoms with van der Waals surface area (Å²) in [6, 6.07) is 7.55. The highest BCUT2D eigenvalue weighted by Crippen LogP contribution is 2.26. The van der Waals surface area contributed by atoms with Gasteiger partial charge >= 0.3 is 0 Å². The van der Waals surface area contributed by atoms with Gasteiger partial charge in [0.1, 0.15) is 0 Å². The van der Waals surface area contributed by atoms with Gasteiger partial charge in [0.15, 0.2) is 0 Å². The Morgan fingerprint density at radius 2 is 2.05 bits per heavy atom. The van der Waals surface area contributed by atoms with Crippen LogP contribution in [0.5, 0.6) is 0 Å². The van der Waals surface area contributed by atoms with Gasteiger partial charge in [-0.2, -0.15) is 11.8 Å². The van der Waals surface area contributed by atoms with Crippen LogP contribution in [0.1, 0.15) is 20.8 Å². The van der Waals surface area contributed by atoms with Gasteiger partial charge in [0.25, 0.3) is 0 Å². The molecule has 0 saturated carbocycles. The van der Waals surface area contributed by atoms with Gasteiger partial charge < -0.3 is 11.1 Å². The second kappa shape index (κ2) is 6.50. The lowest BCUT2D eigenvalue weighted by atomic mass is 10.1. The van der Waals surface area contributed by atoms with E-state index in [4.69, 9.17) is 5.73 Å². The lowest BCUT2D eigenvalue weighted by Crippen LogP contribution is -2.53. The maximum absolute atomic E-state index is 12.4. The van der Waals surface area contributed by atoms with E-state index in [0.29, 0.717) is 17.0 Å². The van der Waals surface area contributed by atoms with Crippen molar-refractivity contribution >= 4 is 29.0 Å². The molecule has 0 spiro atoms. The fourth-order valence-corrected chi connectivity index (χ4v) is 3.59. The van der Waals surface area contributed by atoms with Crippen molar-refractivity contribution in [2.75, 3.05) is 23.3 Å². The predicted molar refractivity (Wildman–Crippen MR) is 87.0 cm³/mol. The quantitative estimate of drug-likeness (QED) is 0.840. The maximum atomic E-state index is 12.4. The van der Waals surface area contributed by atoms with Gasteiger partial charge in [-0.05, 0) is 38.1 Å². The number of nitrogens with two attached hydrogens (primary N) is 1. The van der Waals surface area contributed by atoms with E-state index in [1.165, 1.54) is 0 Å². The first kappa shape index (κ1) is 15.2. The lowest BCUT2D eigenvalue weighted by Gasteiger charge is -2.40. The number of hydrogen-bond donors (Lipinski definition) is 2. The van der Waals surface area contributed by atoms with Gasteiger partial charge in [0.2, 0.25) is 5.91 Å². The standard InChI is InChI=1S/C15H23N3OS/c1-10-12(3)20-9-8-18(10)11(2)15(19)17-14-6-4-13(16)5-7-14/h4-7,10-12H,8-9,16H2,1-3H3,(H,17,19). The summed E-state index contributed by atoms with van der Waals surface area (Å²) in [4.78, 5) is 14.6. The smallest absolute Gasteiger partial charge is 0.241 e. The summed E-state index contributed by atoms with van der Waals surface area (Å²) in [7, 11) is 0. The van der Waals surface area contributed by atoms with Crippen LogP contribution in [0.3, 0.4) is 0 Å². The van der Waals surface area contributed by atoms with Crippen LogP contribution in [0.2, 0.25) is 0 Å². The fraction of sp³-hybridized carbons (Fsp3) is 0.533. The Morgan fingerprint density at radius 3 is 2.70 bits per heavy atom. The second-order valence-electron chi connectivity index (χ2n) is 5.34. The van der Waals surface area contributed by atoms with Crippen molar-refractivity contribution in [2.24, 2.45) is 0 Å². The van der Waals surface area contributed by atoms with Gasteiger partial charge in [0, 0.05) is 35.0 Å². The number of thioether (sulfide) groups is 1. The first-order chi connectivity index (χ1) is 9.49. The number of nitrogens with zero attached hydrogens (tertiary/aromatic N) is 1. The van der Waals surface area contributed by atoms with E-state index in [2.05, 4.69) is 24.1 Å². The molecule has 20 heavy (non-hydrogen) atoms. The van der Waals surface area contributed by atoms with Crippen LogP contribution >= 0.6 is 11.8 Å². The molecule has 1 saturated heterocycles. The summed E-state index contributed by atoms with van der Waals surface area (Å²) >= 11 is 1.98. The zero-order chi connectivity index (χ0) is 14.7. The summed E-state index contributed by atoms with van der Waals surface area (Å²) in [6.07, 6.45) is 0. The minimum atomic E-state index is -0.120. The molecule has 5 heteroatoms.